The zero-order valence-electron chi connectivity index (χ0n) is 15.8. The van der Waals surface area contributed by atoms with Gasteiger partial charge >= 0.3 is 0 Å². The number of carbonyl (C=O) groups is 2. The lowest BCUT2D eigenvalue weighted by Crippen LogP contribution is -2.45. The molecular weight excluding hydrogens is 326 g/mol. The number of amides is 2. The van der Waals surface area contributed by atoms with E-state index in [1.165, 1.54) is 0 Å². The first kappa shape index (κ1) is 19.5. The first-order valence-corrected chi connectivity index (χ1v) is 8.86. The fourth-order valence-electron chi connectivity index (χ4n) is 2.83. The lowest BCUT2D eigenvalue weighted by Gasteiger charge is -2.23. The van der Waals surface area contributed by atoms with Crippen molar-refractivity contribution in [1.29, 1.82) is 0 Å². The smallest absolute Gasteiger partial charge is 0.269 e. The van der Waals surface area contributed by atoms with Gasteiger partial charge in [0.05, 0.1) is 5.92 Å². The zero-order valence-corrected chi connectivity index (χ0v) is 15.8. The lowest BCUT2D eigenvalue weighted by atomic mass is 9.85. The van der Waals surface area contributed by atoms with Crippen LogP contribution in [0.15, 0.2) is 54.6 Å². The van der Waals surface area contributed by atoms with Crippen molar-refractivity contribution in [1.82, 2.24) is 10.9 Å². The van der Waals surface area contributed by atoms with Crippen LogP contribution in [0.3, 0.4) is 0 Å². The van der Waals surface area contributed by atoms with Crippen molar-refractivity contribution in [3.05, 3.63) is 65.7 Å². The van der Waals surface area contributed by atoms with Crippen molar-refractivity contribution in [3.63, 3.8) is 0 Å². The van der Waals surface area contributed by atoms with Gasteiger partial charge in [-0.25, -0.2) is 0 Å². The van der Waals surface area contributed by atoms with Gasteiger partial charge in [0.15, 0.2) is 0 Å². The molecule has 0 heterocycles. The Morgan fingerprint density at radius 1 is 1.00 bits per heavy atom. The molecule has 2 atom stereocenters. The molecule has 0 radical (unpaired) electrons. The number of carbonyl (C=O) groups excluding carboxylic acids is 2. The summed E-state index contributed by atoms with van der Waals surface area (Å²) in [5.41, 5.74) is 7.49. The summed E-state index contributed by atoms with van der Waals surface area (Å²) in [6.07, 6.45) is 0.867. The minimum absolute atomic E-state index is 0.159. The molecule has 0 fully saturated rings. The highest BCUT2D eigenvalue weighted by atomic mass is 16.2. The molecule has 0 aliphatic heterocycles. The molecule has 0 bridgehead atoms. The average Bonchev–Trinajstić information content (AvgIpc) is 2.67. The van der Waals surface area contributed by atoms with Crippen molar-refractivity contribution < 1.29 is 9.59 Å². The number of anilines is 1. The molecule has 2 N–H and O–H groups in total. The van der Waals surface area contributed by atoms with Gasteiger partial charge in [0.25, 0.3) is 5.91 Å². The van der Waals surface area contributed by atoms with Crippen molar-refractivity contribution in [2.45, 2.75) is 26.2 Å². The van der Waals surface area contributed by atoms with Crippen LogP contribution in [-0.4, -0.2) is 25.9 Å². The second kappa shape index (κ2) is 9.04. The van der Waals surface area contributed by atoms with E-state index in [2.05, 4.69) is 17.8 Å². The topological polar surface area (TPSA) is 61.4 Å². The lowest BCUT2D eigenvalue weighted by molar-refractivity contribution is -0.124. The van der Waals surface area contributed by atoms with Crippen LogP contribution in [0, 0.1) is 5.92 Å². The van der Waals surface area contributed by atoms with Crippen molar-refractivity contribution in [3.8, 4) is 0 Å². The molecule has 0 saturated heterocycles. The molecule has 2 rings (SSSR count). The third-order valence-corrected chi connectivity index (χ3v) is 4.58. The number of benzene rings is 2. The Kier molecular flexibility index (Phi) is 6.78. The third kappa shape index (κ3) is 4.85. The van der Waals surface area contributed by atoms with Crippen LogP contribution in [0.2, 0.25) is 0 Å². The highest BCUT2D eigenvalue weighted by Gasteiger charge is 2.26. The van der Waals surface area contributed by atoms with E-state index in [0.29, 0.717) is 5.56 Å². The van der Waals surface area contributed by atoms with Gasteiger partial charge < -0.3 is 4.90 Å². The van der Waals surface area contributed by atoms with Crippen LogP contribution in [0.4, 0.5) is 5.69 Å². The maximum atomic E-state index is 12.7. The second-order valence-electron chi connectivity index (χ2n) is 6.66. The summed E-state index contributed by atoms with van der Waals surface area (Å²) in [5.74, 6) is -0.693. The largest absolute Gasteiger partial charge is 0.378 e. The Labute approximate surface area is 155 Å². The summed E-state index contributed by atoms with van der Waals surface area (Å²) < 4.78 is 0. The number of nitrogens with zero attached hydrogens (tertiary/aromatic N) is 1. The Bertz CT molecular complexity index is 744. The fraction of sp³-hybridized carbons (Fsp3) is 0.333. The summed E-state index contributed by atoms with van der Waals surface area (Å²) in [7, 11) is 3.82. The summed E-state index contributed by atoms with van der Waals surface area (Å²) in [4.78, 5) is 27.0. The number of hydrogen-bond acceptors (Lipinski definition) is 3. The summed E-state index contributed by atoms with van der Waals surface area (Å²) in [5, 5.41) is 0. The molecular formula is C21H27N3O2. The first-order valence-electron chi connectivity index (χ1n) is 8.86. The molecule has 138 valence electrons. The van der Waals surface area contributed by atoms with Crippen molar-refractivity contribution >= 4 is 17.5 Å². The normalized spacial score (nSPS) is 12.8. The summed E-state index contributed by atoms with van der Waals surface area (Å²) >= 11 is 0. The van der Waals surface area contributed by atoms with E-state index in [1.54, 1.807) is 12.1 Å². The van der Waals surface area contributed by atoms with E-state index in [1.807, 2.05) is 68.4 Å². The Morgan fingerprint density at radius 2 is 1.69 bits per heavy atom. The molecule has 26 heavy (non-hydrogen) atoms. The minimum atomic E-state index is -0.335. The summed E-state index contributed by atoms with van der Waals surface area (Å²) in [6, 6.07) is 16.9. The average molecular weight is 353 g/mol. The maximum Gasteiger partial charge on any atom is 0.269 e. The van der Waals surface area contributed by atoms with Gasteiger partial charge in [0, 0.05) is 25.3 Å². The predicted molar refractivity (Wildman–Crippen MR) is 105 cm³/mol. The number of nitrogens with one attached hydrogen (secondary N) is 2. The van der Waals surface area contributed by atoms with Gasteiger partial charge in [-0.1, -0.05) is 56.7 Å². The molecule has 2 amide bonds. The van der Waals surface area contributed by atoms with Gasteiger partial charge in [-0.05, 0) is 29.7 Å². The molecule has 2 aromatic rings. The van der Waals surface area contributed by atoms with E-state index in [4.69, 9.17) is 0 Å². The molecule has 5 nitrogen and oxygen atoms in total. The molecule has 5 heteroatoms. The van der Waals surface area contributed by atoms with Crippen LogP contribution < -0.4 is 15.8 Å². The molecule has 0 aliphatic carbocycles. The van der Waals surface area contributed by atoms with Crippen LogP contribution in [0.5, 0.6) is 0 Å². The van der Waals surface area contributed by atoms with E-state index < -0.39 is 0 Å². The van der Waals surface area contributed by atoms with Crippen LogP contribution in [0.1, 0.15) is 42.1 Å². The van der Waals surface area contributed by atoms with Gasteiger partial charge in [-0.15, -0.1) is 0 Å². The zero-order chi connectivity index (χ0) is 19.1. The van der Waals surface area contributed by atoms with Crippen molar-refractivity contribution in [2.75, 3.05) is 19.0 Å². The predicted octanol–water partition coefficient (Wildman–Crippen LogP) is 3.34. The second-order valence-corrected chi connectivity index (χ2v) is 6.66. The number of hydrogen-bond donors (Lipinski definition) is 2. The van der Waals surface area contributed by atoms with Gasteiger partial charge in [0.2, 0.25) is 5.91 Å². The van der Waals surface area contributed by atoms with Gasteiger partial charge in [-0.2, -0.15) is 0 Å². The van der Waals surface area contributed by atoms with Crippen LogP contribution in [-0.2, 0) is 4.79 Å². The van der Waals surface area contributed by atoms with E-state index in [9.17, 15) is 9.59 Å². The molecule has 2 aromatic carbocycles. The van der Waals surface area contributed by atoms with Gasteiger partial charge in [-0.3, -0.25) is 20.4 Å². The Hall–Kier alpha value is -2.82. The van der Waals surface area contributed by atoms with Crippen molar-refractivity contribution in [2.24, 2.45) is 5.92 Å². The maximum absolute atomic E-state index is 12.7. The van der Waals surface area contributed by atoms with E-state index in [-0.39, 0.29) is 23.7 Å². The molecule has 0 saturated carbocycles. The number of hydrazine groups is 1. The van der Waals surface area contributed by atoms with E-state index >= 15 is 0 Å². The molecule has 0 aromatic heterocycles. The Balaban J connectivity index is 2.08. The fourth-order valence-corrected chi connectivity index (χ4v) is 2.83. The molecule has 2 unspecified atom stereocenters. The van der Waals surface area contributed by atoms with Crippen LogP contribution >= 0.6 is 0 Å². The quantitative estimate of drug-likeness (QED) is 0.783. The number of rotatable bonds is 6. The third-order valence-electron chi connectivity index (χ3n) is 4.58. The van der Waals surface area contributed by atoms with Crippen LogP contribution in [0.25, 0.3) is 0 Å². The monoisotopic (exact) mass is 353 g/mol. The van der Waals surface area contributed by atoms with Gasteiger partial charge in [0.1, 0.15) is 0 Å². The van der Waals surface area contributed by atoms with E-state index in [0.717, 1.165) is 17.7 Å². The highest BCUT2D eigenvalue weighted by molar-refractivity contribution is 5.96. The minimum Gasteiger partial charge on any atom is -0.378 e. The highest BCUT2D eigenvalue weighted by Crippen LogP contribution is 2.26. The SMILES string of the molecule is CCC(C)C(C(=O)NNC(=O)c1cccc(N(C)C)c1)c1ccccc1. The first-order chi connectivity index (χ1) is 12.4. The standard InChI is InChI=1S/C21H27N3O2/c1-5-15(2)19(16-10-7-6-8-11-16)21(26)23-22-20(25)17-12-9-13-18(14-17)24(3)4/h6-15,19H,5H2,1-4H3,(H,22,25)(H,23,26). The molecule has 0 spiro atoms. The Morgan fingerprint density at radius 3 is 2.31 bits per heavy atom. The summed E-state index contributed by atoms with van der Waals surface area (Å²) in [6.45, 7) is 4.10. The molecule has 0 aliphatic rings.